The summed E-state index contributed by atoms with van der Waals surface area (Å²) in [6, 6.07) is 32.1. The molecule has 0 aliphatic carbocycles. The van der Waals surface area contributed by atoms with Crippen LogP contribution in [0.3, 0.4) is 0 Å². The Hall–Kier alpha value is -4.44. The van der Waals surface area contributed by atoms with Crippen LogP contribution in [0.2, 0.25) is 0 Å². The van der Waals surface area contributed by atoms with E-state index in [1.165, 1.54) is 0 Å². The first kappa shape index (κ1) is 20.2. The summed E-state index contributed by atoms with van der Waals surface area (Å²) in [6.07, 6.45) is 0. The molecule has 0 fully saturated rings. The van der Waals surface area contributed by atoms with E-state index in [1.54, 1.807) is 23.9 Å². The summed E-state index contributed by atoms with van der Waals surface area (Å²) in [5.41, 5.74) is 6.06. The van der Waals surface area contributed by atoms with Crippen molar-refractivity contribution >= 4 is 34.0 Å². The number of rotatable bonds is 3. The summed E-state index contributed by atoms with van der Waals surface area (Å²) >= 11 is 0. The largest absolute Gasteiger partial charge is 0.310 e. The number of fused-ring (bicyclic) bond motifs is 2. The van der Waals surface area contributed by atoms with E-state index in [1.807, 2.05) is 97.1 Å². The molecule has 4 nitrogen and oxygen atoms in total. The average molecular weight is 443 g/mol. The topological polar surface area (TPSA) is 40.6 Å². The molecule has 0 bridgehead atoms. The van der Waals surface area contributed by atoms with E-state index in [-0.39, 0.29) is 11.8 Å². The Balaban J connectivity index is 1.65. The van der Waals surface area contributed by atoms with Gasteiger partial charge in [0.2, 0.25) is 0 Å². The molecule has 2 heterocycles. The molecular formula is C30H22N2O2. The van der Waals surface area contributed by atoms with Gasteiger partial charge in [-0.3, -0.25) is 9.59 Å². The fourth-order valence-electron chi connectivity index (χ4n) is 5.15. The van der Waals surface area contributed by atoms with Gasteiger partial charge in [-0.1, -0.05) is 97.1 Å². The zero-order chi connectivity index (χ0) is 23.4. The molecule has 0 unspecified atom stereocenters. The van der Waals surface area contributed by atoms with Gasteiger partial charge in [0.25, 0.3) is 11.8 Å². The molecule has 2 amide bonds. The van der Waals surface area contributed by atoms with E-state index in [0.29, 0.717) is 22.5 Å². The Morgan fingerprint density at radius 1 is 0.500 bits per heavy atom. The van der Waals surface area contributed by atoms with Crippen molar-refractivity contribution in [1.82, 2.24) is 9.80 Å². The summed E-state index contributed by atoms with van der Waals surface area (Å²) in [6.45, 7) is 0. The zero-order valence-corrected chi connectivity index (χ0v) is 18.9. The Labute approximate surface area is 198 Å². The summed E-state index contributed by atoms with van der Waals surface area (Å²) in [5, 5.41) is 2.09. The molecule has 6 rings (SSSR count). The quantitative estimate of drug-likeness (QED) is 0.416. The Kier molecular flexibility index (Phi) is 4.49. The molecule has 0 aromatic heterocycles. The maximum atomic E-state index is 13.7. The van der Waals surface area contributed by atoms with Gasteiger partial charge >= 0.3 is 0 Å². The van der Waals surface area contributed by atoms with Crippen molar-refractivity contribution in [2.45, 2.75) is 0 Å². The predicted octanol–water partition coefficient (Wildman–Crippen LogP) is 5.57. The van der Waals surface area contributed by atoms with Crippen LogP contribution in [0.5, 0.6) is 0 Å². The number of amides is 2. The average Bonchev–Trinajstić information content (AvgIpc) is 3.29. The third kappa shape index (κ3) is 2.78. The molecule has 2 aliphatic rings. The lowest BCUT2D eigenvalue weighted by Crippen LogP contribution is -2.25. The van der Waals surface area contributed by atoms with Crippen LogP contribution in [0.25, 0.3) is 33.3 Å². The van der Waals surface area contributed by atoms with Crippen molar-refractivity contribution in [3.63, 3.8) is 0 Å². The van der Waals surface area contributed by atoms with Crippen molar-refractivity contribution < 1.29 is 9.59 Å². The second kappa shape index (κ2) is 7.56. The van der Waals surface area contributed by atoms with Gasteiger partial charge in [-0.2, -0.15) is 0 Å². The lowest BCUT2D eigenvalue weighted by atomic mass is 9.94. The van der Waals surface area contributed by atoms with Crippen LogP contribution in [0.4, 0.5) is 0 Å². The van der Waals surface area contributed by atoms with Crippen LogP contribution in [0.1, 0.15) is 11.1 Å². The molecule has 0 radical (unpaired) electrons. The highest BCUT2D eigenvalue weighted by Crippen LogP contribution is 2.47. The van der Waals surface area contributed by atoms with Crippen molar-refractivity contribution in [3.05, 3.63) is 119 Å². The number of hydrogen-bond donors (Lipinski definition) is 0. The van der Waals surface area contributed by atoms with Gasteiger partial charge in [0.15, 0.2) is 0 Å². The molecule has 4 aromatic rings. The van der Waals surface area contributed by atoms with Gasteiger partial charge in [0, 0.05) is 25.2 Å². The molecule has 0 saturated heterocycles. The highest BCUT2D eigenvalue weighted by Gasteiger charge is 2.47. The molecule has 4 aromatic carbocycles. The van der Waals surface area contributed by atoms with E-state index >= 15 is 0 Å². The van der Waals surface area contributed by atoms with Gasteiger partial charge in [0.1, 0.15) is 0 Å². The summed E-state index contributed by atoms with van der Waals surface area (Å²) in [4.78, 5) is 30.6. The number of likely N-dealkylation sites (N-methyl/N-ethyl adjacent to an activating group) is 2. The van der Waals surface area contributed by atoms with Crippen LogP contribution in [0.15, 0.2) is 108 Å². The lowest BCUT2D eigenvalue weighted by Gasteiger charge is -2.22. The third-order valence-electron chi connectivity index (χ3n) is 6.74. The molecule has 0 atom stereocenters. The minimum absolute atomic E-state index is 0.159. The van der Waals surface area contributed by atoms with Gasteiger partial charge in [-0.05, 0) is 21.9 Å². The molecule has 4 heteroatoms. The lowest BCUT2D eigenvalue weighted by molar-refractivity contribution is -0.123. The van der Waals surface area contributed by atoms with E-state index < -0.39 is 0 Å². The first-order valence-corrected chi connectivity index (χ1v) is 11.3. The fourth-order valence-corrected chi connectivity index (χ4v) is 5.15. The fraction of sp³-hybridized carbons (Fsp3) is 0.0667. The maximum Gasteiger partial charge on any atom is 0.261 e. The van der Waals surface area contributed by atoms with Crippen molar-refractivity contribution in [1.29, 1.82) is 0 Å². The molecule has 0 spiro atoms. The van der Waals surface area contributed by atoms with Gasteiger partial charge in [0.05, 0.1) is 22.5 Å². The molecule has 2 aliphatic heterocycles. The number of carbonyl (C=O) groups excluding carboxylic acids is 2. The molecule has 0 saturated carbocycles. The van der Waals surface area contributed by atoms with E-state index in [0.717, 1.165) is 33.0 Å². The van der Waals surface area contributed by atoms with Gasteiger partial charge < -0.3 is 9.80 Å². The summed E-state index contributed by atoms with van der Waals surface area (Å²) < 4.78 is 0. The molecular weight excluding hydrogens is 420 g/mol. The van der Waals surface area contributed by atoms with Crippen LogP contribution in [-0.4, -0.2) is 35.7 Å². The highest BCUT2D eigenvalue weighted by atomic mass is 16.2. The minimum Gasteiger partial charge on any atom is -0.310 e. The SMILES string of the molecule is CN1C(=O)C2=C(c3cccc4ccccc34)N(C)C(=O)C2=C1c1ccccc1-c1ccccc1. The minimum atomic E-state index is -0.159. The van der Waals surface area contributed by atoms with Crippen molar-refractivity contribution in [2.24, 2.45) is 0 Å². The van der Waals surface area contributed by atoms with Crippen LogP contribution in [-0.2, 0) is 9.59 Å². The number of hydrogen-bond acceptors (Lipinski definition) is 2. The predicted molar refractivity (Wildman–Crippen MR) is 135 cm³/mol. The first-order chi connectivity index (χ1) is 16.6. The standard InChI is InChI=1S/C30H22N2O2/c1-31-27(23-17-9-8-16-21(23)19-11-4-3-5-12-19)25-26(30(31)34)28(32(2)29(25)33)24-18-10-14-20-13-6-7-15-22(20)24/h3-18H,1-2H3. The number of carbonyl (C=O) groups is 2. The smallest absolute Gasteiger partial charge is 0.261 e. The maximum absolute atomic E-state index is 13.7. The highest BCUT2D eigenvalue weighted by molar-refractivity contribution is 6.31. The second-order valence-corrected chi connectivity index (χ2v) is 8.61. The molecule has 164 valence electrons. The third-order valence-corrected chi connectivity index (χ3v) is 6.74. The monoisotopic (exact) mass is 442 g/mol. The van der Waals surface area contributed by atoms with Gasteiger partial charge in [-0.15, -0.1) is 0 Å². The number of benzene rings is 4. The van der Waals surface area contributed by atoms with E-state index in [4.69, 9.17) is 0 Å². The first-order valence-electron chi connectivity index (χ1n) is 11.3. The molecule has 34 heavy (non-hydrogen) atoms. The van der Waals surface area contributed by atoms with Gasteiger partial charge in [-0.25, -0.2) is 0 Å². The van der Waals surface area contributed by atoms with Crippen molar-refractivity contribution in [2.75, 3.05) is 14.1 Å². The Morgan fingerprint density at radius 2 is 1.00 bits per heavy atom. The summed E-state index contributed by atoms with van der Waals surface area (Å²) in [5.74, 6) is -0.318. The van der Waals surface area contributed by atoms with Crippen LogP contribution < -0.4 is 0 Å². The Bertz CT molecular complexity index is 1560. The van der Waals surface area contributed by atoms with E-state index in [9.17, 15) is 9.59 Å². The normalized spacial score (nSPS) is 15.7. The number of nitrogens with zero attached hydrogens (tertiary/aromatic N) is 2. The van der Waals surface area contributed by atoms with Crippen LogP contribution >= 0.6 is 0 Å². The Morgan fingerprint density at radius 3 is 1.71 bits per heavy atom. The zero-order valence-electron chi connectivity index (χ0n) is 18.9. The van der Waals surface area contributed by atoms with E-state index in [2.05, 4.69) is 0 Å². The molecule has 0 N–H and O–H groups in total. The second-order valence-electron chi connectivity index (χ2n) is 8.61. The summed E-state index contributed by atoms with van der Waals surface area (Å²) in [7, 11) is 3.51. The van der Waals surface area contributed by atoms with Crippen LogP contribution in [0, 0.1) is 0 Å². The van der Waals surface area contributed by atoms with Crippen molar-refractivity contribution in [3.8, 4) is 11.1 Å².